The Labute approximate surface area is 145 Å². The van der Waals surface area contributed by atoms with Crippen LogP contribution in [0.3, 0.4) is 0 Å². The SMILES string of the molecule is N#Cc1ccc(C(=O)N2CC3(CCOCC3)C2c2ccccc2)s1. The third-order valence-electron chi connectivity index (χ3n) is 5.17. The van der Waals surface area contributed by atoms with E-state index in [1.807, 2.05) is 23.1 Å². The molecule has 0 N–H and O–H groups in total. The zero-order chi connectivity index (χ0) is 16.6. The van der Waals surface area contributed by atoms with E-state index in [1.165, 1.54) is 16.9 Å². The maximum absolute atomic E-state index is 13.0. The predicted molar refractivity (Wildman–Crippen MR) is 91.7 cm³/mol. The number of thiophene rings is 1. The fraction of sp³-hybridized carbons (Fsp3) is 0.368. The smallest absolute Gasteiger partial charge is 0.264 e. The summed E-state index contributed by atoms with van der Waals surface area (Å²) in [6.45, 7) is 2.31. The lowest BCUT2D eigenvalue weighted by atomic mass is 9.64. The van der Waals surface area contributed by atoms with E-state index in [0.717, 1.165) is 32.6 Å². The molecule has 4 rings (SSSR count). The highest BCUT2D eigenvalue weighted by Crippen LogP contribution is 2.55. The van der Waals surface area contributed by atoms with Gasteiger partial charge in [0.1, 0.15) is 10.9 Å². The van der Waals surface area contributed by atoms with Crippen LogP contribution in [0, 0.1) is 16.7 Å². The average molecular weight is 338 g/mol. The molecule has 1 unspecified atom stereocenters. The largest absolute Gasteiger partial charge is 0.381 e. The Balaban J connectivity index is 1.65. The second-order valence-electron chi connectivity index (χ2n) is 6.50. The van der Waals surface area contributed by atoms with Gasteiger partial charge in [-0.3, -0.25) is 4.79 Å². The van der Waals surface area contributed by atoms with Gasteiger partial charge in [0.05, 0.1) is 10.9 Å². The van der Waals surface area contributed by atoms with E-state index in [-0.39, 0.29) is 17.4 Å². The van der Waals surface area contributed by atoms with Gasteiger partial charge >= 0.3 is 0 Å². The van der Waals surface area contributed by atoms with Gasteiger partial charge < -0.3 is 9.64 Å². The summed E-state index contributed by atoms with van der Waals surface area (Å²) in [5.74, 6) is 0.0347. The van der Waals surface area contributed by atoms with Gasteiger partial charge in [-0.2, -0.15) is 5.26 Å². The van der Waals surface area contributed by atoms with Gasteiger partial charge in [-0.25, -0.2) is 0 Å². The number of carbonyl (C=O) groups excluding carboxylic acids is 1. The van der Waals surface area contributed by atoms with Crippen LogP contribution in [-0.2, 0) is 4.74 Å². The van der Waals surface area contributed by atoms with Crippen LogP contribution in [0.25, 0.3) is 0 Å². The fourth-order valence-corrected chi connectivity index (χ4v) is 4.72. The molecule has 0 radical (unpaired) electrons. The normalized spacial score (nSPS) is 22.0. The van der Waals surface area contributed by atoms with Crippen LogP contribution in [0.1, 0.15) is 39.0 Å². The standard InChI is InChI=1S/C19H18N2O2S/c20-12-15-6-7-16(24-15)18(22)21-13-19(8-10-23-11-9-19)17(21)14-4-2-1-3-5-14/h1-7,17H,8-11,13H2. The molecule has 122 valence electrons. The van der Waals surface area contributed by atoms with E-state index in [4.69, 9.17) is 10.00 Å². The van der Waals surface area contributed by atoms with Crippen LogP contribution in [0.2, 0.25) is 0 Å². The summed E-state index contributed by atoms with van der Waals surface area (Å²) in [6, 6.07) is 16.0. The lowest BCUT2D eigenvalue weighted by Crippen LogP contribution is -2.62. The second kappa shape index (κ2) is 6.04. The first-order chi connectivity index (χ1) is 11.7. The number of carbonyl (C=O) groups is 1. The van der Waals surface area contributed by atoms with E-state index in [2.05, 4.69) is 18.2 Å². The van der Waals surface area contributed by atoms with Crippen LogP contribution in [0.5, 0.6) is 0 Å². The Bertz CT molecular complexity index is 787. The van der Waals surface area contributed by atoms with Crippen molar-refractivity contribution in [2.75, 3.05) is 19.8 Å². The van der Waals surface area contributed by atoms with Crippen LogP contribution in [0.4, 0.5) is 0 Å². The van der Waals surface area contributed by atoms with Gasteiger partial charge in [-0.05, 0) is 30.5 Å². The minimum atomic E-state index is 0.0347. The molecule has 0 bridgehead atoms. The quantitative estimate of drug-likeness (QED) is 0.840. The predicted octanol–water partition coefficient (Wildman–Crippen LogP) is 3.61. The summed E-state index contributed by atoms with van der Waals surface area (Å²) in [5.41, 5.74) is 1.32. The van der Waals surface area contributed by atoms with Crippen molar-refractivity contribution < 1.29 is 9.53 Å². The number of benzene rings is 1. The van der Waals surface area contributed by atoms with Gasteiger partial charge in [0, 0.05) is 25.2 Å². The van der Waals surface area contributed by atoms with E-state index >= 15 is 0 Å². The monoisotopic (exact) mass is 338 g/mol. The number of nitriles is 1. The molecule has 4 nitrogen and oxygen atoms in total. The molecule has 24 heavy (non-hydrogen) atoms. The van der Waals surface area contributed by atoms with E-state index in [9.17, 15) is 4.79 Å². The maximum atomic E-state index is 13.0. The highest BCUT2D eigenvalue weighted by atomic mass is 32.1. The van der Waals surface area contributed by atoms with Gasteiger partial charge in [-0.15, -0.1) is 11.3 Å². The molecule has 3 heterocycles. The van der Waals surface area contributed by atoms with Crippen molar-refractivity contribution in [1.29, 1.82) is 5.26 Å². The third kappa shape index (κ3) is 2.43. The topological polar surface area (TPSA) is 53.3 Å². The minimum absolute atomic E-state index is 0.0347. The molecule has 2 aliphatic heterocycles. The summed E-state index contributed by atoms with van der Waals surface area (Å²) in [5, 5.41) is 8.99. The molecule has 1 atom stereocenters. The third-order valence-corrected chi connectivity index (χ3v) is 6.15. The van der Waals surface area contributed by atoms with E-state index in [0.29, 0.717) is 9.75 Å². The number of amides is 1. The Kier molecular flexibility index (Phi) is 3.87. The molecule has 2 saturated heterocycles. The Morgan fingerprint density at radius 1 is 1.21 bits per heavy atom. The molecule has 0 aliphatic carbocycles. The van der Waals surface area contributed by atoms with Crippen molar-refractivity contribution in [3.63, 3.8) is 0 Å². The first kappa shape index (κ1) is 15.4. The minimum Gasteiger partial charge on any atom is -0.381 e. The molecular weight excluding hydrogens is 320 g/mol. The number of hydrogen-bond donors (Lipinski definition) is 0. The molecule has 0 saturated carbocycles. The summed E-state index contributed by atoms with van der Waals surface area (Å²) in [4.78, 5) is 16.2. The Morgan fingerprint density at radius 2 is 1.96 bits per heavy atom. The van der Waals surface area contributed by atoms with Crippen molar-refractivity contribution in [1.82, 2.24) is 4.90 Å². The summed E-state index contributed by atoms with van der Waals surface area (Å²) in [6.07, 6.45) is 1.98. The van der Waals surface area contributed by atoms with Crippen LogP contribution in [-0.4, -0.2) is 30.6 Å². The summed E-state index contributed by atoms with van der Waals surface area (Å²) >= 11 is 1.27. The molecule has 2 aliphatic rings. The van der Waals surface area contributed by atoms with Gasteiger partial charge in [0.25, 0.3) is 5.91 Å². The number of rotatable bonds is 2. The number of hydrogen-bond acceptors (Lipinski definition) is 4. The zero-order valence-electron chi connectivity index (χ0n) is 13.3. The van der Waals surface area contributed by atoms with Crippen molar-refractivity contribution in [3.8, 4) is 6.07 Å². The molecule has 5 heteroatoms. The van der Waals surface area contributed by atoms with Gasteiger partial charge in [0.2, 0.25) is 0 Å². The molecule has 1 spiro atoms. The molecule has 1 aromatic carbocycles. The molecule has 2 fully saturated rings. The lowest BCUT2D eigenvalue weighted by molar-refractivity contribution is -0.115. The summed E-state index contributed by atoms with van der Waals surface area (Å²) in [7, 11) is 0. The van der Waals surface area contributed by atoms with E-state index in [1.54, 1.807) is 12.1 Å². The average Bonchev–Trinajstić information content (AvgIpc) is 3.10. The van der Waals surface area contributed by atoms with E-state index < -0.39 is 0 Å². The zero-order valence-corrected chi connectivity index (χ0v) is 14.1. The Hall–Kier alpha value is -2.16. The molecular formula is C19H18N2O2S. The summed E-state index contributed by atoms with van der Waals surface area (Å²) < 4.78 is 5.55. The van der Waals surface area contributed by atoms with Crippen LogP contribution in [0.15, 0.2) is 42.5 Å². The molecule has 1 amide bonds. The number of likely N-dealkylation sites (tertiary alicyclic amines) is 1. The van der Waals surface area contributed by atoms with Crippen molar-refractivity contribution in [2.45, 2.75) is 18.9 Å². The number of ether oxygens (including phenoxy) is 1. The first-order valence-corrected chi connectivity index (χ1v) is 8.99. The molecule has 1 aromatic heterocycles. The van der Waals surface area contributed by atoms with Gasteiger partial charge in [0.15, 0.2) is 0 Å². The van der Waals surface area contributed by atoms with Crippen LogP contribution >= 0.6 is 11.3 Å². The fourth-order valence-electron chi connectivity index (χ4n) is 3.96. The first-order valence-electron chi connectivity index (χ1n) is 8.17. The van der Waals surface area contributed by atoms with Crippen LogP contribution < -0.4 is 0 Å². The Morgan fingerprint density at radius 3 is 2.62 bits per heavy atom. The van der Waals surface area contributed by atoms with Crippen molar-refractivity contribution >= 4 is 17.2 Å². The van der Waals surface area contributed by atoms with Crippen molar-refractivity contribution in [2.24, 2.45) is 5.41 Å². The second-order valence-corrected chi connectivity index (χ2v) is 7.58. The lowest BCUT2D eigenvalue weighted by Gasteiger charge is -2.59. The van der Waals surface area contributed by atoms with Gasteiger partial charge in [-0.1, -0.05) is 30.3 Å². The maximum Gasteiger partial charge on any atom is 0.264 e. The molecule has 2 aromatic rings. The highest BCUT2D eigenvalue weighted by molar-refractivity contribution is 7.14. The van der Waals surface area contributed by atoms with Crippen molar-refractivity contribution in [3.05, 3.63) is 57.8 Å². The highest BCUT2D eigenvalue weighted by Gasteiger charge is 2.55. The number of nitrogens with zero attached hydrogens (tertiary/aromatic N) is 2.